The second kappa shape index (κ2) is 5.49. The van der Waals surface area contributed by atoms with Gasteiger partial charge in [0, 0.05) is 30.1 Å². The lowest BCUT2D eigenvalue weighted by Gasteiger charge is -2.07. The van der Waals surface area contributed by atoms with Crippen molar-refractivity contribution in [2.45, 2.75) is 13.5 Å². The molecule has 2 rings (SSSR count). The number of rotatable bonds is 5. The molecular formula is C12H14N4O3. The van der Waals surface area contributed by atoms with Crippen LogP contribution in [0.15, 0.2) is 18.5 Å². The van der Waals surface area contributed by atoms with Gasteiger partial charge in [-0.05, 0) is 13.0 Å². The molecule has 0 radical (unpaired) electrons. The Morgan fingerprint density at radius 2 is 2.32 bits per heavy atom. The fourth-order valence-corrected chi connectivity index (χ4v) is 1.67. The molecule has 0 bridgehead atoms. The van der Waals surface area contributed by atoms with Gasteiger partial charge in [-0.3, -0.25) is 0 Å². The quantitative estimate of drug-likeness (QED) is 0.642. The molecule has 0 aliphatic rings. The molecular weight excluding hydrogens is 248 g/mol. The summed E-state index contributed by atoms with van der Waals surface area (Å²) in [4.78, 5) is 21.8. The van der Waals surface area contributed by atoms with Gasteiger partial charge in [0.05, 0.1) is 12.3 Å². The molecule has 7 nitrogen and oxygen atoms in total. The molecule has 0 atom stereocenters. The van der Waals surface area contributed by atoms with Crippen molar-refractivity contribution in [3.63, 3.8) is 0 Å². The molecule has 0 unspecified atom stereocenters. The number of hydrogen-bond donors (Lipinski definition) is 4. The van der Waals surface area contributed by atoms with Crippen LogP contribution < -0.4 is 5.32 Å². The van der Waals surface area contributed by atoms with Gasteiger partial charge in [0.1, 0.15) is 5.69 Å². The van der Waals surface area contributed by atoms with Gasteiger partial charge in [0.15, 0.2) is 0 Å². The summed E-state index contributed by atoms with van der Waals surface area (Å²) in [6.07, 6.45) is 3.06. The van der Waals surface area contributed by atoms with Gasteiger partial charge < -0.3 is 20.5 Å². The highest BCUT2D eigenvalue weighted by Gasteiger charge is 2.13. The number of carboxylic acids is 1. The van der Waals surface area contributed by atoms with Gasteiger partial charge in [-0.15, -0.1) is 0 Å². The molecule has 0 saturated carbocycles. The number of aromatic carboxylic acids is 1. The Morgan fingerprint density at radius 1 is 1.53 bits per heavy atom. The minimum absolute atomic E-state index is 0.0718. The van der Waals surface area contributed by atoms with Crippen LogP contribution in [0.5, 0.6) is 0 Å². The molecule has 19 heavy (non-hydrogen) atoms. The molecule has 7 heteroatoms. The standard InChI is InChI=1S/C12H14N4O3/c1-2-13-12-15-5-8(6-17)10(16-12)7-3-9(11(18)19)14-4-7/h3-5,14,17H,2,6H2,1H3,(H,18,19)(H,13,15,16). The highest BCUT2D eigenvalue weighted by molar-refractivity contribution is 5.87. The van der Waals surface area contributed by atoms with Crippen LogP contribution in [0, 0.1) is 0 Å². The van der Waals surface area contributed by atoms with E-state index in [1.165, 1.54) is 12.3 Å². The number of carboxylic acid groups (broad SMARTS) is 1. The van der Waals surface area contributed by atoms with Crippen LogP contribution in [0.3, 0.4) is 0 Å². The average Bonchev–Trinajstić information content (AvgIpc) is 2.88. The first-order chi connectivity index (χ1) is 9.15. The summed E-state index contributed by atoms with van der Waals surface area (Å²) in [5.41, 5.74) is 1.72. The van der Waals surface area contributed by atoms with Gasteiger partial charge in [0.25, 0.3) is 0 Å². The molecule has 0 aliphatic carbocycles. The molecule has 2 aromatic rings. The van der Waals surface area contributed by atoms with Crippen molar-refractivity contribution in [2.75, 3.05) is 11.9 Å². The zero-order chi connectivity index (χ0) is 13.8. The lowest BCUT2D eigenvalue weighted by Crippen LogP contribution is -2.04. The number of carbonyl (C=O) groups is 1. The van der Waals surface area contributed by atoms with Gasteiger partial charge >= 0.3 is 5.97 Å². The molecule has 4 N–H and O–H groups in total. The number of nitrogens with one attached hydrogen (secondary N) is 2. The highest BCUT2D eigenvalue weighted by atomic mass is 16.4. The van der Waals surface area contributed by atoms with Gasteiger partial charge in [0.2, 0.25) is 5.95 Å². The molecule has 0 spiro atoms. The Hall–Kier alpha value is -2.41. The van der Waals surface area contributed by atoms with E-state index in [1.807, 2.05) is 6.92 Å². The van der Waals surface area contributed by atoms with Crippen molar-refractivity contribution < 1.29 is 15.0 Å². The molecule has 0 saturated heterocycles. The third kappa shape index (κ3) is 2.71. The van der Waals surface area contributed by atoms with Crippen LogP contribution in [-0.2, 0) is 6.61 Å². The zero-order valence-corrected chi connectivity index (χ0v) is 10.3. The van der Waals surface area contributed by atoms with E-state index in [1.54, 1.807) is 6.20 Å². The van der Waals surface area contributed by atoms with Crippen molar-refractivity contribution >= 4 is 11.9 Å². The van der Waals surface area contributed by atoms with Gasteiger partial charge in [-0.25, -0.2) is 14.8 Å². The van der Waals surface area contributed by atoms with Crippen LogP contribution in [-0.4, -0.2) is 37.7 Å². The third-order valence-corrected chi connectivity index (χ3v) is 2.56. The predicted octanol–water partition coefficient (Wildman–Crippen LogP) is 1.09. The SMILES string of the molecule is CCNc1ncc(CO)c(-c2c[nH]c(C(=O)O)c2)n1. The maximum atomic E-state index is 10.8. The van der Waals surface area contributed by atoms with Crippen LogP contribution in [0.4, 0.5) is 5.95 Å². The number of aliphatic hydroxyl groups is 1. The molecule has 2 aromatic heterocycles. The van der Waals surface area contributed by atoms with Crippen molar-refractivity contribution in [2.24, 2.45) is 0 Å². The summed E-state index contributed by atoms with van der Waals surface area (Å²) in [6, 6.07) is 1.47. The highest BCUT2D eigenvalue weighted by Crippen LogP contribution is 2.23. The largest absolute Gasteiger partial charge is 0.477 e. The van der Waals surface area contributed by atoms with E-state index in [9.17, 15) is 9.90 Å². The van der Waals surface area contributed by atoms with Crippen LogP contribution in [0.25, 0.3) is 11.3 Å². The Balaban J connectivity index is 2.45. The fourth-order valence-electron chi connectivity index (χ4n) is 1.67. The summed E-state index contributed by atoms with van der Waals surface area (Å²) in [7, 11) is 0. The first-order valence-electron chi connectivity index (χ1n) is 5.78. The summed E-state index contributed by atoms with van der Waals surface area (Å²) in [5, 5.41) is 21.1. The summed E-state index contributed by atoms with van der Waals surface area (Å²) < 4.78 is 0. The third-order valence-electron chi connectivity index (χ3n) is 2.56. The van der Waals surface area contributed by atoms with E-state index >= 15 is 0 Å². The van der Waals surface area contributed by atoms with Crippen LogP contribution in [0.1, 0.15) is 23.0 Å². The van der Waals surface area contributed by atoms with Gasteiger partial charge in [-0.2, -0.15) is 0 Å². The molecule has 2 heterocycles. The first kappa shape index (κ1) is 13.0. The Bertz CT molecular complexity index is 594. The molecule has 0 fully saturated rings. The van der Waals surface area contributed by atoms with E-state index in [4.69, 9.17) is 5.11 Å². The number of aromatic nitrogens is 3. The van der Waals surface area contributed by atoms with E-state index in [-0.39, 0.29) is 12.3 Å². The molecule has 100 valence electrons. The maximum absolute atomic E-state index is 10.8. The number of H-pyrrole nitrogens is 1. The monoisotopic (exact) mass is 262 g/mol. The average molecular weight is 262 g/mol. The number of aliphatic hydroxyl groups excluding tert-OH is 1. The Morgan fingerprint density at radius 3 is 2.89 bits per heavy atom. The first-order valence-corrected chi connectivity index (χ1v) is 5.78. The minimum Gasteiger partial charge on any atom is -0.477 e. The summed E-state index contributed by atoms with van der Waals surface area (Å²) in [5.74, 6) is -0.606. The smallest absolute Gasteiger partial charge is 0.352 e. The van der Waals surface area contributed by atoms with Crippen LogP contribution in [0.2, 0.25) is 0 Å². The normalized spacial score (nSPS) is 10.4. The summed E-state index contributed by atoms with van der Waals surface area (Å²) in [6.45, 7) is 2.38. The van der Waals surface area contributed by atoms with E-state index in [0.29, 0.717) is 29.3 Å². The van der Waals surface area contributed by atoms with Gasteiger partial charge in [-0.1, -0.05) is 0 Å². The second-order valence-electron chi connectivity index (χ2n) is 3.86. The molecule has 0 amide bonds. The lowest BCUT2D eigenvalue weighted by molar-refractivity contribution is 0.0691. The van der Waals surface area contributed by atoms with Crippen LogP contribution >= 0.6 is 0 Å². The van der Waals surface area contributed by atoms with E-state index in [2.05, 4.69) is 20.3 Å². The Labute approximate surface area is 109 Å². The fraction of sp³-hybridized carbons (Fsp3) is 0.250. The van der Waals surface area contributed by atoms with E-state index in [0.717, 1.165) is 0 Å². The van der Waals surface area contributed by atoms with Crippen molar-refractivity contribution in [3.8, 4) is 11.3 Å². The Kier molecular flexibility index (Phi) is 3.76. The lowest BCUT2D eigenvalue weighted by atomic mass is 10.1. The van der Waals surface area contributed by atoms with E-state index < -0.39 is 5.97 Å². The number of anilines is 1. The maximum Gasteiger partial charge on any atom is 0.352 e. The number of hydrogen-bond acceptors (Lipinski definition) is 5. The predicted molar refractivity (Wildman–Crippen MR) is 68.9 cm³/mol. The number of nitrogens with zero attached hydrogens (tertiary/aromatic N) is 2. The van der Waals surface area contributed by atoms with Crippen molar-refractivity contribution in [3.05, 3.63) is 29.7 Å². The topological polar surface area (TPSA) is 111 Å². The summed E-state index contributed by atoms with van der Waals surface area (Å²) >= 11 is 0. The number of aromatic amines is 1. The molecule has 0 aliphatic heterocycles. The second-order valence-corrected chi connectivity index (χ2v) is 3.86. The van der Waals surface area contributed by atoms with Crippen molar-refractivity contribution in [1.29, 1.82) is 0 Å². The minimum atomic E-state index is -1.04. The van der Waals surface area contributed by atoms with Crippen molar-refractivity contribution in [1.82, 2.24) is 15.0 Å². The zero-order valence-electron chi connectivity index (χ0n) is 10.3. The molecule has 0 aromatic carbocycles.